The third-order valence-electron chi connectivity index (χ3n) is 1.59. The molecule has 0 aliphatic rings. The molecule has 0 spiro atoms. The molecule has 0 aliphatic carbocycles. The SMILES string of the molecule is Clc1cccc2ncccc12.[H-].[K+]. The standard InChI is InChI=1S/C9H6ClN.K.H/c10-8-4-1-5-9-7(8)3-2-6-11-9;;/h1-6H;;/q;+1;-1. The van der Waals surface area contributed by atoms with Crippen LogP contribution >= 0.6 is 11.6 Å². The second kappa shape index (κ2) is 4.70. The smallest absolute Gasteiger partial charge is 1.00 e. The number of halogens is 1. The topological polar surface area (TPSA) is 12.9 Å². The van der Waals surface area contributed by atoms with E-state index in [1.165, 1.54) is 0 Å². The minimum atomic E-state index is 0. The average Bonchev–Trinajstić information content (AvgIpc) is 2.06. The normalized spacial score (nSPS) is 9.42. The zero-order chi connectivity index (χ0) is 7.68. The van der Waals surface area contributed by atoms with Crippen LogP contribution in [0, 0.1) is 0 Å². The minimum Gasteiger partial charge on any atom is -1.00 e. The van der Waals surface area contributed by atoms with E-state index in [9.17, 15) is 0 Å². The third kappa shape index (κ3) is 2.07. The second-order valence-corrected chi connectivity index (χ2v) is 2.72. The van der Waals surface area contributed by atoms with E-state index >= 15 is 0 Å². The quantitative estimate of drug-likeness (QED) is 0.550. The van der Waals surface area contributed by atoms with Crippen molar-refractivity contribution >= 4 is 22.5 Å². The number of hydrogen-bond donors (Lipinski definition) is 0. The Hall–Kier alpha value is 0.556. The van der Waals surface area contributed by atoms with Gasteiger partial charge in [-0.3, -0.25) is 4.98 Å². The minimum absolute atomic E-state index is 0. The van der Waals surface area contributed by atoms with Gasteiger partial charge in [-0.1, -0.05) is 17.7 Å². The molecule has 1 heterocycles. The monoisotopic (exact) mass is 203 g/mol. The Morgan fingerprint density at radius 2 is 2.00 bits per heavy atom. The summed E-state index contributed by atoms with van der Waals surface area (Å²) in [6.07, 6.45) is 1.76. The van der Waals surface area contributed by atoms with E-state index in [-0.39, 0.29) is 52.8 Å². The molecule has 0 atom stereocenters. The Morgan fingerprint density at radius 3 is 2.75 bits per heavy atom. The van der Waals surface area contributed by atoms with E-state index in [2.05, 4.69) is 4.98 Å². The Bertz CT molecular complexity index is 389. The fourth-order valence-corrected chi connectivity index (χ4v) is 1.30. The van der Waals surface area contributed by atoms with Crippen molar-refractivity contribution in [3.8, 4) is 0 Å². The first-order valence-electron chi connectivity index (χ1n) is 3.37. The van der Waals surface area contributed by atoms with E-state index in [0.29, 0.717) is 0 Å². The van der Waals surface area contributed by atoms with Crippen molar-refractivity contribution in [3.63, 3.8) is 0 Å². The van der Waals surface area contributed by atoms with Gasteiger partial charge in [-0.25, -0.2) is 0 Å². The van der Waals surface area contributed by atoms with Crippen LogP contribution in [0.1, 0.15) is 1.43 Å². The van der Waals surface area contributed by atoms with Gasteiger partial charge in [-0.05, 0) is 24.3 Å². The molecular formula is C9H7ClKN. The Balaban J connectivity index is 0.000000720. The summed E-state index contributed by atoms with van der Waals surface area (Å²) in [7, 11) is 0. The molecule has 1 aromatic carbocycles. The largest absolute Gasteiger partial charge is 1.00 e. The van der Waals surface area contributed by atoms with Crippen LogP contribution in [0.2, 0.25) is 5.02 Å². The summed E-state index contributed by atoms with van der Waals surface area (Å²) < 4.78 is 0. The molecule has 12 heavy (non-hydrogen) atoms. The van der Waals surface area contributed by atoms with E-state index in [1.807, 2.05) is 30.3 Å². The number of hydrogen-bond acceptors (Lipinski definition) is 1. The third-order valence-corrected chi connectivity index (χ3v) is 1.92. The van der Waals surface area contributed by atoms with Gasteiger partial charge in [0, 0.05) is 16.6 Å². The molecule has 0 N–H and O–H groups in total. The van der Waals surface area contributed by atoms with Crippen LogP contribution in [-0.4, -0.2) is 4.98 Å². The van der Waals surface area contributed by atoms with Crippen molar-refractivity contribution in [2.75, 3.05) is 0 Å². The number of nitrogens with zero attached hydrogens (tertiary/aromatic N) is 1. The summed E-state index contributed by atoms with van der Waals surface area (Å²) in [6.45, 7) is 0. The van der Waals surface area contributed by atoms with Crippen molar-refractivity contribution in [3.05, 3.63) is 41.6 Å². The Labute approximate surface area is 120 Å². The molecular weight excluding hydrogens is 197 g/mol. The van der Waals surface area contributed by atoms with Crippen molar-refractivity contribution in [1.29, 1.82) is 0 Å². The molecule has 0 radical (unpaired) electrons. The fourth-order valence-electron chi connectivity index (χ4n) is 1.07. The maximum atomic E-state index is 5.92. The first-order chi connectivity index (χ1) is 5.38. The number of fused-ring (bicyclic) bond motifs is 1. The molecule has 56 valence electrons. The molecule has 2 aromatic rings. The van der Waals surface area contributed by atoms with Gasteiger partial charge in [-0.2, -0.15) is 0 Å². The van der Waals surface area contributed by atoms with Crippen molar-refractivity contribution < 1.29 is 52.8 Å². The molecule has 0 unspecified atom stereocenters. The van der Waals surface area contributed by atoms with Crippen molar-refractivity contribution in [1.82, 2.24) is 4.98 Å². The molecule has 3 heteroatoms. The zero-order valence-corrected chi connectivity index (χ0v) is 10.7. The summed E-state index contributed by atoms with van der Waals surface area (Å²) in [6, 6.07) is 9.56. The average molecular weight is 204 g/mol. The van der Waals surface area contributed by atoms with Gasteiger partial charge < -0.3 is 1.43 Å². The van der Waals surface area contributed by atoms with Gasteiger partial charge in [0.1, 0.15) is 0 Å². The van der Waals surface area contributed by atoms with Crippen LogP contribution in [0.4, 0.5) is 0 Å². The Morgan fingerprint density at radius 1 is 1.17 bits per heavy atom. The van der Waals surface area contributed by atoms with Crippen LogP contribution in [-0.2, 0) is 0 Å². The molecule has 1 aromatic heterocycles. The number of pyridine rings is 1. The van der Waals surface area contributed by atoms with Gasteiger partial charge in [0.05, 0.1) is 5.52 Å². The van der Waals surface area contributed by atoms with E-state index in [1.54, 1.807) is 6.20 Å². The Kier molecular flexibility index (Phi) is 4.16. The van der Waals surface area contributed by atoms with Crippen LogP contribution < -0.4 is 51.4 Å². The van der Waals surface area contributed by atoms with Gasteiger partial charge in [0.2, 0.25) is 0 Å². The number of aromatic nitrogens is 1. The number of benzene rings is 1. The number of rotatable bonds is 0. The maximum Gasteiger partial charge on any atom is 1.00 e. The van der Waals surface area contributed by atoms with Crippen LogP contribution in [0.25, 0.3) is 10.9 Å². The zero-order valence-electron chi connectivity index (χ0n) is 7.79. The molecule has 0 saturated carbocycles. The molecule has 1 nitrogen and oxygen atoms in total. The summed E-state index contributed by atoms with van der Waals surface area (Å²) in [4.78, 5) is 4.16. The predicted octanol–water partition coefficient (Wildman–Crippen LogP) is 0.00470. The van der Waals surface area contributed by atoms with Crippen LogP contribution in [0.3, 0.4) is 0 Å². The first kappa shape index (κ1) is 10.6. The fraction of sp³-hybridized carbons (Fsp3) is 0. The van der Waals surface area contributed by atoms with E-state index < -0.39 is 0 Å². The van der Waals surface area contributed by atoms with Crippen molar-refractivity contribution in [2.45, 2.75) is 0 Å². The first-order valence-corrected chi connectivity index (χ1v) is 3.75. The summed E-state index contributed by atoms with van der Waals surface area (Å²) in [5.41, 5.74) is 0.944. The molecule has 0 saturated heterocycles. The van der Waals surface area contributed by atoms with Crippen molar-refractivity contribution in [2.24, 2.45) is 0 Å². The molecule has 0 amide bonds. The van der Waals surface area contributed by atoms with Crippen LogP contribution in [0.5, 0.6) is 0 Å². The van der Waals surface area contributed by atoms with Gasteiger partial charge in [0.15, 0.2) is 0 Å². The summed E-state index contributed by atoms with van der Waals surface area (Å²) >= 11 is 5.92. The summed E-state index contributed by atoms with van der Waals surface area (Å²) in [5.74, 6) is 0. The molecule has 2 rings (SSSR count). The van der Waals surface area contributed by atoms with E-state index in [0.717, 1.165) is 15.9 Å². The molecule has 0 bridgehead atoms. The summed E-state index contributed by atoms with van der Waals surface area (Å²) in [5, 5.41) is 1.77. The van der Waals surface area contributed by atoms with E-state index in [4.69, 9.17) is 11.6 Å². The second-order valence-electron chi connectivity index (χ2n) is 2.31. The van der Waals surface area contributed by atoms with Gasteiger partial charge >= 0.3 is 51.4 Å². The predicted molar refractivity (Wildman–Crippen MR) is 47.9 cm³/mol. The van der Waals surface area contributed by atoms with Gasteiger partial charge in [-0.15, -0.1) is 0 Å². The molecule has 0 aliphatic heterocycles. The maximum absolute atomic E-state index is 5.92. The van der Waals surface area contributed by atoms with Crippen LogP contribution in [0.15, 0.2) is 36.5 Å². The van der Waals surface area contributed by atoms with Gasteiger partial charge in [0.25, 0.3) is 0 Å². The molecule has 0 fully saturated rings.